The summed E-state index contributed by atoms with van der Waals surface area (Å²) in [6.45, 7) is 3.76. The Hall–Kier alpha value is -3.19. The van der Waals surface area contributed by atoms with Crippen LogP contribution in [-0.4, -0.2) is 55.1 Å². The molecule has 0 radical (unpaired) electrons. The third-order valence-electron chi connectivity index (χ3n) is 10.4. The molecule has 2 saturated heterocycles. The maximum absolute atomic E-state index is 14.4. The summed E-state index contributed by atoms with van der Waals surface area (Å²) in [7, 11) is 0. The van der Waals surface area contributed by atoms with E-state index in [0.29, 0.717) is 35.2 Å². The summed E-state index contributed by atoms with van der Waals surface area (Å²) in [6.07, 6.45) is 19.5. The molecule has 1 N–H and O–H groups in total. The summed E-state index contributed by atoms with van der Waals surface area (Å²) in [5.41, 5.74) is 2.86. The third kappa shape index (κ3) is 4.52. The number of benzene rings is 1. The minimum Gasteiger partial charge on any atom is -0.480 e. The molecule has 1 aromatic carbocycles. The molecule has 7 nitrogen and oxygen atoms in total. The van der Waals surface area contributed by atoms with Gasteiger partial charge in [-0.2, -0.15) is 0 Å². The quantitative estimate of drug-likeness (QED) is 0.522. The van der Waals surface area contributed by atoms with Crippen molar-refractivity contribution in [3.05, 3.63) is 70.8 Å². The van der Waals surface area contributed by atoms with Crippen LogP contribution >= 0.6 is 0 Å². The minimum atomic E-state index is -0.976. The molecule has 2 aliphatic carbocycles. The van der Waals surface area contributed by atoms with Gasteiger partial charge in [-0.05, 0) is 81.1 Å². The van der Waals surface area contributed by atoms with Gasteiger partial charge in [0.2, 0.25) is 0 Å². The predicted octanol–water partition coefficient (Wildman–Crippen LogP) is 5.73. The molecular weight excluding hydrogens is 500 g/mol. The molecule has 4 fully saturated rings. The highest BCUT2D eigenvalue weighted by Crippen LogP contribution is 2.47. The van der Waals surface area contributed by atoms with Gasteiger partial charge in [-0.3, -0.25) is 14.5 Å². The molecule has 6 atom stereocenters. The van der Waals surface area contributed by atoms with E-state index in [1.165, 1.54) is 57.8 Å². The number of piperidine rings is 2. The summed E-state index contributed by atoms with van der Waals surface area (Å²) in [5, 5.41) is 9.58. The Balaban J connectivity index is 1.26. The summed E-state index contributed by atoms with van der Waals surface area (Å²) < 4.78 is 2.01. The van der Waals surface area contributed by atoms with Crippen molar-refractivity contribution in [2.24, 2.45) is 11.8 Å². The number of carbonyl (C=O) groups is 1. The van der Waals surface area contributed by atoms with E-state index in [4.69, 9.17) is 4.98 Å². The number of hydrogen-bond acceptors (Lipinski definition) is 5. The second kappa shape index (κ2) is 10.3. The fraction of sp³-hybridized carbons (Fsp3) is 0.545. The lowest BCUT2D eigenvalue weighted by Crippen LogP contribution is -2.58. The molecule has 4 heterocycles. The zero-order chi connectivity index (χ0) is 27.4. The fourth-order valence-corrected chi connectivity index (χ4v) is 8.93. The van der Waals surface area contributed by atoms with Crippen LogP contribution in [0, 0.1) is 11.8 Å². The van der Waals surface area contributed by atoms with Crippen LogP contribution in [-0.2, 0) is 4.79 Å². The number of para-hydroxylation sites is 2. The zero-order valence-electron chi connectivity index (χ0n) is 23.3. The summed E-state index contributed by atoms with van der Waals surface area (Å²) in [5.74, 6) is 0.841. The minimum absolute atomic E-state index is 0.102. The van der Waals surface area contributed by atoms with Gasteiger partial charge >= 0.3 is 5.97 Å². The van der Waals surface area contributed by atoms with E-state index in [0.717, 1.165) is 35.7 Å². The molecule has 0 spiro atoms. The largest absolute Gasteiger partial charge is 0.480 e. The molecule has 0 unspecified atom stereocenters. The van der Waals surface area contributed by atoms with E-state index >= 15 is 0 Å². The van der Waals surface area contributed by atoms with E-state index in [1.807, 2.05) is 34.9 Å². The van der Waals surface area contributed by atoms with Gasteiger partial charge in [0.15, 0.2) is 5.69 Å². The molecule has 4 bridgehead atoms. The van der Waals surface area contributed by atoms with Crippen molar-refractivity contribution in [3.63, 3.8) is 0 Å². The summed E-state index contributed by atoms with van der Waals surface area (Å²) in [6, 6.07) is 9.75. The first-order chi connectivity index (χ1) is 19.5. The average molecular weight is 541 g/mol. The molecule has 40 heavy (non-hydrogen) atoms. The van der Waals surface area contributed by atoms with Crippen molar-refractivity contribution in [2.45, 2.75) is 94.8 Å². The smallest absolute Gasteiger partial charge is 0.323 e. The van der Waals surface area contributed by atoms with Crippen molar-refractivity contribution in [3.8, 4) is 0 Å². The zero-order valence-corrected chi connectivity index (χ0v) is 23.3. The highest BCUT2D eigenvalue weighted by Gasteiger charge is 2.45. The van der Waals surface area contributed by atoms with Gasteiger partial charge in [0.1, 0.15) is 6.54 Å². The van der Waals surface area contributed by atoms with Crippen LogP contribution < -0.4 is 5.56 Å². The molecule has 1 aromatic heterocycles. The molecule has 2 aromatic rings. The van der Waals surface area contributed by atoms with Crippen LogP contribution in [0.25, 0.3) is 16.7 Å². The normalized spacial score (nSPS) is 32.2. The number of fused-ring (bicyclic) bond motifs is 5. The number of allylic oxidation sites excluding steroid dienone is 3. The van der Waals surface area contributed by atoms with Crippen LogP contribution in [0.4, 0.5) is 0 Å². The van der Waals surface area contributed by atoms with Crippen LogP contribution in [0.2, 0.25) is 0 Å². The van der Waals surface area contributed by atoms with Crippen LogP contribution in [0.15, 0.2) is 59.6 Å². The molecular formula is C33H40N4O3. The molecule has 3 aliphatic heterocycles. The van der Waals surface area contributed by atoms with Gasteiger partial charge in [0, 0.05) is 29.9 Å². The monoisotopic (exact) mass is 540 g/mol. The van der Waals surface area contributed by atoms with E-state index in [1.54, 1.807) is 17.1 Å². The lowest BCUT2D eigenvalue weighted by Gasteiger charge is -2.55. The maximum atomic E-state index is 14.4. The molecule has 0 amide bonds. The molecule has 7 rings (SSSR count). The Labute approximate surface area is 235 Å². The number of hydrogen-bond donors (Lipinski definition) is 1. The standard InChI is InChI=1S/C33H40N4O3/c1-21-7-4-14-30(35(21)20-31(38)39)32-33(40)37(29-13-3-2-12-28(29)34-32)27-18-24-10-6-11-25(19-27)36(24)26-16-22-8-5-9-23(15-22)17-26/h2-4,7,12-14,22-27H,1,5-6,8-11,15-20H2,(H,38,39)/t22-,23+,24-,25+,26+,27+. The second-order valence-electron chi connectivity index (χ2n) is 12.8. The Bertz CT molecular complexity index is 1430. The molecule has 7 heteroatoms. The van der Waals surface area contributed by atoms with Crippen molar-refractivity contribution < 1.29 is 9.90 Å². The fourth-order valence-electron chi connectivity index (χ4n) is 8.93. The van der Waals surface area contributed by atoms with E-state index in [2.05, 4.69) is 11.5 Å². The van der Waals surface area contributed by atoms with Crippen LogP contribution in [0.3, 0.4) is 0 Å². The van der Waals surface area contributed by atoms with Gasteiger partial charge in [-0.1, -0.05) is 50.5 Å². The van der Waals surface area contributed by atoms with Gasteiger partial charge in [0.25, 0.3) is 5.56 Å². The van der Waals surface area contributed by atoms with Gasteiger partial charge in [0.05, 0.1) is 16.7 Å². The number of rotatable bonds is 5. The lowest BCUT2D eigenvalue weighted by molar-refractivity contribution is -0.137. The van der Waals surface area contributed by atoms with Crippen molar-refractivity contribution in [1.29, 1.82) is 0 Å². The number of nitrogens with zero attached hydrogens (tertiary/aromatic N) is 4. The lowest BCUT2D eigenvalue weighted by atomic mass is 9.68. The molecule has 210 valence electrons. The van der Waals surface area contributed by atoms with Gasteiger partial charge < -0.3 is 14.6 Å². The van der Waals surface area contributed by atoms with Crippen LogP contribution in [0.1, 0.15) is 82.4 Å². The van der Waals surface area contributed by atoms with E-state index < -0.39 is 5.97 Å². The SMILES string of the molecule is C=C1C=CC=C(c2nc3ccccc3n([C@H]3C[C@H]4CCC[C@@H](C3)N4[C@H]3C[C@@H]4CCC[C@@H](C4)C3)c2=O)N1CC(=O)O. The highest BCUT2D eigenvalue weighted by molar-refractivity contribution is 5.80. The van der Waals surface area contributed by atoms with Crippen LogP contribution in [0.5, 0.6) is 0 Å². The van der Waals surface area contributed by atoms with E-state index in [9.17, 15) is 14.7 Å². The van der Waals surface area contributed by atoms with Crippen molar-refractivity contribution in [2.75, 3.05) is 6.54 Å². The summed E-state index contributed by atoms with van der Waals surface area (Å²) >= 11 is 0. The first-order valence-electron chi connectivity index (χ1n) is 15.3. The number of carboxylic acid groups (broad SMARTS) is 1. The number of aromatic nitrogens is 2. The first-order valence-corrected chi connectivity index (χ1v) is 15.3. The third-order valence-corrected chi connectivity index (χ3v) is 10.4. The maximum Gasteiger partial charge on any atom is 0.323 e. The highest BCUT2D eigenvalue weighted by atomic mass is 16.4. The average Bonchev–Trinajstić information content (AvgIpc) is 2.93. The molecule has 2 saturated carbocycles. The van der Waals surface area contributed by atoms with Crippen molar-refractivity contribution >= 4 is 22.7 Å². The molecule has 5 aliphatic rings. The predicted molar refractivity (Wildman–Crippen MR) is 157 cm³/mol. The first kappa shape index (κ1) is 25.8. The van der Waals surface area contributed by atoms with Gasteiger partial charge in [-0.15, -0.1) is 0 Å². The second-order valence-corrected chi connectivity index (χ2v) is 12.8. The van der Waals surface area contributed by atoms with Gasteiger partial charge in [-0.25, -0.2) is 4.98 Å². The van der Waals surface area contributed by atoms with E-state index in [-0.39, 0.29) is 18.1 Å². The Morgan fingerprint density at radius 1 is 0.925 bits per heavy atom. The number of aliphatic carboxylic acids is 1. The number of carboxylic acids is 1. The summed E-state index contributed by atoms with van der Waals surface area (Å²) in [4.78, 5) is 35.4. The topological polar surface area (TPSA) is 78.7 Å². The Morgan fingerprint density at radius 3 is 2.35 bits per heavy atom. The van der Waals surface area contributed by atoms with Crippen molar-refractivity contribution in [1.82, 2.24) is 19.4 Å². The Morgan fingerprint density at radius 2 is 1.62 bits per heavy atom. The Kier molecular flexibility index (Phi) is 6.65.